The number of rotatable bonds is 7. The molecule has 5 nitrogen and oxygen atoms in total. The topological polar surface area (TPSA) is 66.0 Å². The van der Waals surface area contributed by atoms with Gasteiger partial charge < -0.3 is 10.5 Å². The van der Waals surface area contributed by atoms with Crippen LogP contribution < -0.4 is 10.5 Å². The van der Waals surface area contributed by atoms with E-state index in [1.807, 2.05) is 35.0 Å². The molecule has 1 aromatic heterocycles. The van der Waals surface area contributed by atoms with Gasteiger partial charge in [-0.15, -0.1) is 5.10 Å². The van der Waals surface area contributed by atoms with Crippen LogP contribution in [0, 0.1) is 0 Å². The number of para-hydroxylation sites is 1. The highest BCUT2D eigenvalue weighted by Gasteiger charge is 2.12. The van der Waals surface area contributed by atoms with Gasteiger partial charge >= 0.3 is 0 Å². The quantitative estimate of drug-likeness (QED) is 0.828. The van der Waals surface area contributed by atoms with Gasteiger partial charge in [0.1, 0.15) is 5.75 Å². The molecule has 0 fully saturated rings. The van der Waals surface area contributed by atoms with Gasteiger partial charge in [0.25, 0.3) is 0 Å². The summed E-state index contributed by atoms with van der Waals surface area (Å²) in [7, 11) is 0. The molecule has 0 saturated carbocycles. The van der Waals surface area contributed by atoms with E-state index in [4.69, 9.17) is 10.5 Å². The molecule has 5 heteroatoms. The van der Waals surface area contributed by atoms with Crippen molar-refractivity contribution in [3.63, 3.8) is 0 Å². The Morgan fingerprint density at radius 3 is 2.84 bits per heavy atom. The molecule has 0 amide bonds. The van der Waals surface area contributed by atoms with Crippen molar-refractivity contribution in [3.05, 3.63) is 42.2 Å². The van der Waals surface area contributed by atoms with Crippen LogP contribution in [0.3, 0.4) is 0 Å². The summed E-state index contributed by atoms with van der Waals surface area (Å²) in [6.07, 6.45) is 3.50. The summed E-state index contributed by atoms with van der Waals surface area (Å²) in [5, 5.41) is 7.96. The molecule has 0 spiro atoms. The number of hydrogen-bond donors (Lipinski definition) is 1. The van der Waals surface area contributed by atoms with Gasteiger partial charge in [-0.25, -0.2) is 4.68 Å². The lowest BCUT2D eigenvalue weighted by atomic mass is 10.1. The smallest absolute Gasteiger partial charge is 0.119 e. The monoisotopic (exact) mass is 260 g/mol. The molecular formula is C14H20N4O. The van der Waals surface area contributed by atoms with Crippen molar-refractivity contribution in [3.8, 4) is 5.75 Å². The summed E-state index contributed by atoms with van der Waals surface area (Å²) in [4.78, 5) is 0. The van der Waals surface area contributed by atoms with E-state index in [1.165, 1.54) is 0 Å². The van der Waals surface area contributed by atoms with E-state index in [0.29, 0.717) is 6.61 Å². The molecule has 1 aromatic carbocycles. The van der Waals surface area contributed by atoms with E-state index in [1.54, 1.807) is 6.20 Å². The fraction of sp³-hybridized carbons (Fsp3) is 0.429. The van der Waals surface area contributed by atoms with Crippen LogP contribution in [0.15, 0.2) is 36.5 Å². The van der Waals surface area contributed by atoms with Crippen molar-refractivity contribution in [2.45, 2.75) is 32.4 Å². The van der Waals surface area contributed by atoms with Crippen molar-refractivity contribution < 1.29 is 4.74 Å². The van der Waals surface area contributed by atoms with Crippen LogP contribution in [0.25, 0.3) is 0 Å². The molecule has 0 saturated heterocycles. The molecule has 0 aliphatic carbocycles. The van der Waals surface area contributed by atoms with Crippen molar-refractivity contribution >= 4 is 0 Å². The predicted octanol–water partition coefficient (Wildman–Crippen LogP) is 2.16. The Hall–Kier alpha value is -1.88. The Balaban J connectivity index is 1.84. The van der Waals surface area contributed by atoms with Gasteiger partial charge in [-0.05, 0) is 18.6 Å². The first-order valence-electron chi connectivity index (χ1n) is 6.63. The summed E-state index contributed by atoms with van der Waals surface area (Å²) < 4.78 is 7.51. The molecular weight excluding hydrogens is 240 g/mol. The van der Waals surface area contributed by atoms with Gasteiger partial charge in [0.2, 0.25) is 0 Å². The highest BCUT2D eigenvalue weighted by Crippen LogP contribution is 2.14. The third kappa shape index (κ3) is 3.79. The second kappa shape index (κ2) is 6.89. The zero-order valence-electron chi connectivity index (χ0n) is 11.2. The van der Waals surface area contributed by atoms with E-state index < -0.39 is 0 Å². The van der Waals surface area contributed by atoms with Crippen molar-refractivity contribution in [2.24, 2.45) is 5.73 Å². The van der Waals surface area contributed by atoms with E-state index in [-0.39, 0.29) is 6.04 Å². The van der Waals surface area contributed by atoms with Gasteiger partial charge in [0.05, 0.1) is 24.5 Å². The highest BCUT2D eigenvalue weighted by molar-refractivity contribution is 5.20. The minimum absolute atomic E-state index is 0.0923. The lowest BCUT2D eigenvalue weighted by Crippen LogP contribution is -2.18. The zero-order valence-corrected chi connectivity index (χ0v) is 11.2. The van der Waals surface area contributed by atoms with E-state index >= 15 is 0 Å². The lowest BCUT2D eigenvalue weighted by Gasteiger charge is -2.13. The largest absolute Gasteiger partial charge is 0.494 e. The average Bonchev–Trinajstić information content (AvgIpc) is 2.89. The normalized spacial score (nSPS) is 12.3. The fourth-order valence-corrected chi connectivity index (χ4v) is 1.91. The van der Waals surface area contributed by atoms with Crippen LogP contribution in [0.4, 0.5) is 0 Å². The number of nitrogens with zero attached hydrogens (tertiary/aromatic N) is 3. The maximum absolute atomic E-state index is 6.15. The number of nitrogens with two attached hydrogens (primary N) is 1. The van der Waals surface area contributed by atoms with Crippen molar-refractivity contribution in [2.75, 3.05) is 6.61 Å². The van der Waals surface area contributed by atoms with Crippen LogP contribution in [0.1, 0.15) is 31.5 Å². The van der Waals surface area contributed by atoms with Crippen LogP contribution in [0.5, 0.6) is 5.75 Å². The number of benzene rings is 1. The maximum Gasteiger partial charge on any atom is 0.119 e. The molecule has 19 heavy (non-hydrogen) atoms. The molecule has 0 aliphatic rings. The van der Waals surface area contributed by atoms with E-state index in [9.17, 15) is 0 Å². The molecule has 102 valence electrons. The average molecular weight is 260 g/mol. The predicted molar refractivity (Wildman–Crippen MR) is 73.8 cm³/mol. The maximum atomic E-state index is 6.15. The standard InChI is InChI=1S/C14H20N4O/c1-2-9-18-14(11-16-17-18)13(15)8-10-19-12-6-4-3-5-7-12/h3-7,11,13H,2,8-10,15H2,1H3. The third-order valence-electron chi connectivity index (χ3n) is 2.90. The highest BCUT2D eigenvalue weighted by atomic mass is 16.5. The molecule has 2 aromatic rings. The SMILES string of the molecule is CCCn1nncc1C(N)CCOc1ccccc1. The van der Waals surface area contributed by atoms with Gasteiger partial charge in [-0.2, -0.15) is 0 Å². The van der Waals surface area contributed by atoms with Crippen LogP contribution in [0.2, 0.25) is 0 Å². The molecule has 0 aliphatic heterocycles. The summed E-state index contributed by atoms with van der Waals surface area (Å²) in [6.45, 7) is 3.54. The first-order valence-corrected chi connectivity index (χ1v) is 6.63. The number of ether oxygens (including phenoxy) is 1. The Bertz CT molecular complexity index is 483. The van der Waals surface area contributed by atoms with Crippen molar-refractivity contribution in [1.29, 1.82) is 0 Å². The Morgan fingerprint density at radius 2 is 2.11 bits per heavy atom. The van der Waals surface area contributed by atoms with Crippen molar-refractivity contribution in [1.82, 2.24) is 15.0 Å². The summed E-state index contributed by atoms with van der Waals surface area (Å²) in [5.41, 5.74) is 7.12. The molecule has 1 heterocycles. The Morgan fingerprint density at radius 1 is 1.32 bits per heavy atom. The van der Waals surface area contributed by atoms with Crippen LogP contribution >= 0.6 is 0 Å². The molecule has 0 radical (unpaired) electrons. The summed E-state index contributed by atoms with van der Waals surface area (Å²) in [6, 6.07) is 9.66. The Kier molecular flexibility index (Phi) is 4.92. The van der Waals surface area contributed by atoms with E-state index in [2.05, 4.69) is 17.2 Å². The van der Waals surface area contributed by atoms with Gasteiger partial charge in [0, 0.05) is 13.0 Å². The second-order valence-corrected chi connectivity index (χ2v) is 4.44. The fourth-order valence-electron chi connectivity index (χ4n) is 1.91. The number of aryl methyl sites for hydroxylation is 1. The van der Waals surface area contributed by atoms with Crippen LogP contribution in [-0.4, -0.2) is 21.6 Å². The number of hydrogen-bond acceptors (Lipinski definition) is 4. The molecule has 1 unspecified atom stereocenters. The minimum Gasteiger partial charge on any atom is -0.494 e. The molecule has 2 N–H and O–H groups in total. The third-order valence-corrected chi connectivity index (χ3v) is 2.90. The summed E-state index contributed by atoms with van der Waals surface area (Å²) in [5.74, 6) is 0.870. The Labute approximate surface area is 113 Å². The lowest BCUT2D eigenvalue weighted by molar-refractivity contribution is 0.295. The first-order chi connectivity index (χ1) is 9.31. The van der Waals surface area contributed by atoms with Gasteiger partial charge in [-0.1, -0.05) is 30.3 Å². The van der Waals surface area contributed by atoms with Crippen LogP contribution in [-0.2, 0) is 6.54 Å². The van der Waals surface area contributed by atoms with Gasteiger partial charge in [-0.3, -0.25) is 0 Å². The first kappa shape index (κ1) is 13.5. The van der Waals surface area contributed by atoms with E-state index in [0.717, 1.165) is 30.8 Å². The summed E-state index contributed by atoms with van der Waals surface area (Å²) >= 11 is 0. The zero-order chi connectivity index (χ0) is 13.5. The van der Waals surface area contributed by atoms with Gasteiger partial charge in [0.15, 0.2) is 0 Å². The molecule has 2 rings (SSSR count). The second-order valence-electron chi connectivity index (χ2n) is 4.44. The number of aromatic nitrogens is 3. The molecule has 1 atom stereocenters. The minimum atomic E-state index is -0.0923. The molecule has 0 bridgehead atoms.